The van der Waals surface area contributed by atoms with Gasteiger partial charge in [0.2, 0.25) is 0 Å². The lowest BCUT2D eigenvalue weighted by atomic mass is 10.1. The van der Waals surface area contributed by atoms with E-state index in [0.29, 0.717) is 11.4 Å². The van der Waals surface area contributed by atoms with Gasteiger partial charge in [0.25, 0.3) is 0 Å². The molecule has 4 aromatic rings. The van der Waals surface area contributed by atoms with Gasteiger partial charge in [-0.25, -0.2) is 4.98 Å². The van der Waals surface area contributed by atoms with Crippen LogP contribution in [0.1, 0.15) is 0 Å². The Balaban J connectivity index is 1.80. The van der Waals surface area contributed by atoms with Gasteiger partial charge in [-0.2, -0.15) is 10.2 Å². The molecule has 0 radical (unpaired) electrons. The van der Waals surface area contributed by atoms with Crippen molar-refractivity contribution >= 4 is 11.0 Å². The van der Waals surface area contributed by atoms with E-state index in [9.17, 15) is 0 Å². The van der Waals surface area contributed by atoms with Crippen LogP contribution in [-0.2, 0) is 7.05 Å². The number of hydrogen-bond acceptors (Lipinski definition) is 5. The highest BCUT2D eigenvalue weighted by molar-refractivity contribution is 5.91. The summed E-state index contributed by atoms with van der Waals surface area (Å²) in [6, 6.07) is 5.85. The molecule has 0 fully saturated rings. The van der Waals surface area contributed by atoms with Crippen LogP contribution in [0.15, 0.2) is 43.0 Å². The maximum absolute atomic E-state index is 5.21. The van der Waals surface area contributed by atoms with Gasteiger partial charge in [-0.15, -0.1) is 0 Å². The number of ether oxygens (including phenoxy) is 1. The van der Waals surface area contributed by atoms with Crippen LogP contribution in [-0.4, -0.2) is 37.1 Å². The highest BCUT2D eigenvalue weighted by atomic mass is 16.5. The Morgan fingerprint density at radius 3 is 2.83 bits per heavy atom. The largest absolute Gasteiger partial charge is 0.495 e. The van der Waals surface area contributed by atoms with E-state index in [4.69, 9.17) is 4.74 Å². The van der Waals surface area contributed by atoms with Gasteiger partial charge in [-0.05, 0) is 18.2 Å². The third kappa shape index (κ3) is 2.32. The summed E-state index contributed by atoms with van der Waals surface area (Å²) in [6.07, 6.45) is 7.15. The molecule has 0 saturated carbocycles. The average Bonchev–Trinajstić information content (AvgIpc) is 3.20. The highest BCUT2D eigenvalue weighted by Crippen LogP contribution is 2.28. The summed E-state index contributed by atoms with van der Waals surface area (Å²) < 4.78 is 6.96. The smallest absolute Gasteiger partial charge is 0.182 e. The standard InChI is InChI=1S/C16H14N6O/c1-22-9-11(7-18-22)15-13-3-4-14(19-16(13)21-20-15)10-5-12(23-2)8-17-6-10/h3-9H,1-2H3,(H,19,20,21). The number of fused-ring (bicyclic) bond motifs is 1. The molecule has 4 rings (SSSR count). The molecular formula is C16H14N6O. The first-order valence-corrected chi connectivity index (χ1v) is 7.08. The van der Waals surface area contributed by atoms with Crippen LogP contribution in [0.2, 0.25) is 0 Å². The van der Waals surface area contributed by atoms with Crippen molar-refractivity contribution in [2.24, 2.45) is 7.05 Å². The fourth-order valence-corrected chi connectivity index (χ4v) is 2.50. The van der Waals surface area contributed by atoms with Crippen LogP contribution in [0, 0.1) is 0 Å². The molecule has 114 valence electrons. The zero-order valence-corrected chi connectivity index (χ0v) is 12.7. The van der Waals surface area contributed by atoms with E-state index in [1.165, 1.54) is 0 Å². The van der Waals surface area contributed by atoms with Gasteiger partial charge >= 0.3 is 0 Å². The second-order valence-electron chi connectivity index (χ2n) is 5.18. The Labute approximate surface area is 132 Å². The van der Waals surface area contributed by atoms with Crippen molar-refractivity contribution in [2.75, 3.05) is 7.11 Å². The maximum Gasteiger partial charge on any atom is 0.182 e. The van der Waals surface area contributed by atoms with E-state index in [1.54, 1.807) is 30.4 Å². The first-order chi connectivity index (χ1) is 11.2. The van der Waals surface area contributed by atoms with Gasteiger partial charge < -0.3 is 4.74 Å². The first kappa shape index (κ1) is 13.4. The molecule has 0 atom stereocenters. The lowest BCUT2D eigenvalue weighted by Crippen LogP contribution is -1.89. The minimum atomic E-state index is 0.657. The Kier molecular flexibility index (Phi) is 3.04. The third-order valence-electron chi connectivity index (χ3n) is 3.66. The Bertz CT molecular complexity index is 987. The Morgan fingerprint density at radius 2 is 2.04 bits per heavy atom. The minimum absolute atomic E-state index is 0.657. The van der Waals surface area contributed by atoms with E-state index in [2.05, 4.69) is 25.3 Å². The predicted molar refractivity (Wildman–Crippen MR) is 85.9 cm³/mol. The summed E-state index contributed by atoms with van der Waals surface area (Å²) in [7, 11) is 3.50. The molecule has 7 nitrogen and oxygen atoms in total. The second-order valence-corrected chi connectivity index (χ2v) is 5.18. The molecule has 0 amide bonds. The molecule has 0 aliphatic carbocycles. The van der Waals surface area contributed by atoms with E-state index in [1.807, 2.05) is 31.4 Å². The minimum Gasteiger partial charge on any atom is -0.495 e. The lowest BCUT2D eigenvalue weighted by Gasteiger charge is -2.03. The average molecular weight is 306 g/mol. The fraction of sp³-hybridized carbons (Fsp3) is 0.125. The summed E-state index contributed by atoms with van der Waals surface area (Å²) >= 11 is 0. The molecule has 0 spiro atoms. The number of rotatable bonds is 3. The zero-order valence-electron chi connectivity index (χ0n) is 12.7. The number of aryl methyl sites for hydroxylation is 1. The van der Waals surface area contributed by atoms with E-state index in [0.717, 1.165) is 27.9 Å². The number of hydrogen-bond donors (Lipinski definition) is 1. The van der Waals surface area contributed by atoms with Gasteiger partial charge in [-0.3, -0.25) is 14.8 Å². The third-order valence-corrected chi connectivity index (χ3v) is 3.66. The Morgan fingerprint density at radius 1 is 1.13 bits per heavy atom. The number of methoxy groups -OCH3 is 1. The van der Waals surface area contributed by atoms with Crippen molar-refractivity contribution in [3.05, 3.63) is 43.0 Å². The fourth-order valence-electron chi connectivity index (χ4n) is 2.50. The monoisotopic (exact) mass is 306 g/mol. The molecule has 4 heterocycles. The van der Waals surface area contributed by atoms with E-state index in [-0.39, 0.29) is 0 Å². The Hall–Kier alpha value is -3.22. The number of aromatic nitrogens is 6. The van der Waals surface area contributed by atoms with Crippen molar-refractivity contribution < 1.29 is 4.74 Å². The van der Waals surface area contributed by atoms with Crippen LogP contribution in [0.3, 0.4) is 0 Å². The molecule has 0 aliphatic heterocycles. The van der Waals surface area contributed by atoms with Crippen molar-refractivity contribution in [3.63, 3.8) is 0 Å². The van der Waals surface area contributed by atoms with Crippen molar-refractivity contribution in [3.8, 4) is 28.3 Å². The maximum atomic E-state index is 5.21. The summed E-state index contributed by atoms with van der Waals surface area (Å²) in [5, 5.41) is 12.5. The summed E-state index contributed by atoms with van der Waals surface area (Å²) in [5.41, 5.74) is 4.23. The molecule has 0 aromatic carbocycles. The topological polar surface area (TPSA) is 81.5 Å². The number of pyridine rings is 2. The number of H-pyrrole nitrogens is 1. The molecule has 1 N–H and O–H groups in total. The molecule has 7 heteroatoms. The summed E-state index contributed by atoms with van der Waals surface area (Å²) in [6.45, 7) is 0. The molecule has 23 heavy (non-hydrogen) atoms. The SMILES string of the molecule is COc1cncc(-c2ccc3c(-c4cnn(C)c4)[nH]nc3n2)c1. The van der Waals surface area contributed by atoms with Gasteiger partial charge in [-0.1, -0.05) is 0 Å². The first-order valence-electron chi connectivity index (χ1n) is 7.08. The van der Waals surface area contributed by atoms with Gasteiger partial charge in [0.05, 0.1) is 30.9 Å². The summed E-state index contributed by atoms with van der Waals surface area (Å²) in [5.74, 6) is 0.697. The lowest BCUT2D eigenvalue weighted by molar-refractivity contribution is 0.413. The predicted octanol–water partition coefficient (Wildman–Crippen LogP) is 2.43. The van der Waals surface area contributed by atoms with Gasteiger partial charge in [0, 0.05) is 36.0 Å². The molecule has 0 saturated heterocycles. The van der Waals surface area contributed by atoms with Crippen molar-refractivity contribution in [1.82, 2.24) is 29.9 Å². The summed E-state index contributed by atoms with van der Waals surface area (Å²) in [4.78, 5) is 8.77. The molecule has 4 aromatic heterocycles. The molecule has 0 aliphatic rings. The van der Waals surface area contributed by atoms with E-state index < -0.39 is 0 Å². The van der Waals surface area contributed by atoms with E-state index >= 15 is 0 Å². The van der Waals surface area contributed by atoms with Crippen LogP contribution in [0.25, 0.3) is 33.5 Å². The van der Waals surface area contributed by atoms with Gasteiger partial charge in [0.1, 0.15) is 5.75 Å². The quantitative estimate of drug-likeness (QED) is 0.628. The van der Waals surface area contributed by atoms with Crippen LogP contribution < -0.4 is 4.74 Å². The van der Waals surface area contributed by atoms with Crippen molar-refractivity contribution in [2.45, 2.75) is 0 Å². The van der Waals surface area contributed by atoms with Gasteiger partial charge in [0.15, 0.2) is 5.65 Å². The van der Waals surface area contributed by atoms with Crippen LogP contribution in [0.5, 0.6) is 5.75 Å². The number of nitrogens with zero attached hydrogens (tertiary/aromatic N) is 5. The number of nitrogens with one attached hydrogen (secondary N) is 1. The zero-order chi connectivity index (χ0) is 15.8. The second kappa shape index (κ2) is 5.20. The number of aromatic amines is 1. The molecule has 0 bridgehead atoms. The highest BCUT2D eigenvalue weighted by Gasteiger charge is 2.12. The normalized spacial score (nSPS) is 11.0. The molecular weight excluding hydrogens is 292 g/mol. The van der Waals surface area contributed by atoms with Crippen molar-refractivity contribution in [1.29, 1.82) is 0 Å². The van der Waals surface area contributed by atoms with Crippen LogP contribution >= 0.6 is 0 Å². The van der Waals surface area contributed by atoms with Crippen LogP contribution in [0.4, 0.5) is 0 Å². The molecule has 0 unspecified atom stereocenters.